The number of anilines is 1. The zero-order valence-electron chi connectivity index (χ0n) is 16.7. The number of hydrogen-bond donors (Lipinski definition) is 2. The quantitative estimate of drug-likeness (QED) is 0.422. The topological polar surface area (TPSA) is 93.4 Å². The zero-order chi connectivity index (χ0) is 22.1. The fourth-order valence-electron chi connectivity index (χ4n) is 3.03. The van der Waals surface area contributed by atoms with Gasteiger partial charge in [0.1, 0.15) is 11.6 Å². The summed E-state index contributed by atoms with van der Waals surface area (Å²) in [5.74, 6) is -1.69. The average Bonchev–Trinajstić information content (AvgIpc) is 2.78. The molecule has 0 saturated carbocycles. The summed E-state index contributed by atoms with van der Waals surface area (Å²) in [5.41, 5.74) is 2.37. The summed E-state index contributed by atoms with van der Waals surface area (Å²) >= 11 is 0. The van der Waals surface area contributed by atoms with Crippen molar-refractivity contribution < 1.29 is 14.7 Å². The molecule has 0 fully saturated rings. The van der Waals surface area contributed by atoms with Crippen molar-refractivity contribution in [3.8, 4) is 6.07 Å². The van der Waals surface area contributed by atoms with Gasteiger partial charge < -0.3 is 15.3 Å². The Labute approximate surface area is 180 Å². The van der Waals surface area contributed by atoms with Crippen molar-refractivity contribution in [1.29, 1.82) is 5.26 Å². The van der Waals surface area contributed by atoms with Gasteiger partial charge in [-0.2, -0.15) is 5.26 Å². The van der Waals surface area contributed by atoms with Crippen molar-refractivity contribution in [2.75, 3.05) is 5.32 Å². The van der Waals surface area contributed by atoms with E-state index in [-0.39, 0.29) is 11.1 Å². The number of nitriles is 1. The van der Waals surface area contributed by atoms with Gasteiger partial charge in [0, 0.05) is 25.0 Å². The highest BCUT2D eigenvalue weighted by Gasteiger charge is 2.14. The van der Waals surface area contributed by atoms with Crippen LogP contribution in [0.2, 0.25) is 0 Å². The molecule has 0 aliphatic rings. The number of carboxylic acids is 1. The van der Waals surface area contributed by atoms with E-state index in [2.05, 4.69) is 5.32 Å². The highest BCUT2D eigenvalue weighted by molar-refractivity contribution is 6.06. The minimum Gasteiger partial charge on any atom is -0.478 e. The summed E-state index contributed by atoms with van der Waals surface area (Å²) in [7, 11) is 0. The van der Waals surface area contributed by atoms with Gasteiger partial charge in [-0.3, -0.25) is 4.79 Å². The SMILES string of the molecule is N#C/C(=C/N(Cc1ccccc1)Cc1ccccc1)C(=O)Nc1cccc(C(=O)O)c1. The lowest BCUT2D eigenvalue weighted by Crippen LogP contribution is -2.21. The van der Waals surface area contributed by atoms with Crippen LogP contribution in [0.5, 0.6) is 0 Å². The van der Waals surface area contributed by atoms with Crippen LogP contribution in [0.4, 0.5) is 5.69 Å². The molecular weight excluding hydrogens is 390 g/mol. The number of aromatic carboxylic acids is 1. The van der Waals surface area contributed by atoms with Gasteiger partial charge in [0.15, 0.2) is 0 Å². The second-order valence-corrected chi connectivity index (χ2v) is 6.87. The lowest BCUT2D eigenvalue weighted by Gasteiger charge is -2.21. The van der Waals surface area contributed by atoms with Crippen LogP contribution in [0, 0.1) is 11.3 Å². The molecule has 0 heterocycles. The van der Waals surface area contributed by atoms with E-state index in [1.165, 1.54) is 24.4 Å². The maximum Gasteiger partial charge on any atom is 0.335 e. The smallest absolute Gasteiger partial charge is 0.335 e. The first-order chi connectivity index (χ1) is 15.0. The van der Waals surface area contributed by atoms with E-state index in [9.17, 15) is 14.9 Å². The molecule has 3 aromatic carbocycles. The van der Waals surface area contributed by atoms with E-state index < -0.39 is 11.9 Å². The van der Waals surface area contributed by atoms with E-state index in [1.54, 1.807) is 6.07 Å². The number of benzene rings is 3. The summed E-state index contributed by atoms with van der Waals surface area (Å²) in [6.07, 6.45) is 1.54. The second-order valence-electron chi connectivity index (χ2n) is 6.87. The van der Waals surface area contributed by atoms with Crippen molar-refractivity contribution in [3.05, 3.63) is 113 Å². The number of nitrogens with zero attached hydrogens (tertiary/aromatic N) is 2. The Morgan fingerprint density at radius 2 is 1.48 bits per heavy atom. The summed E-state index contributed by atoms with van der Waals surface area (Å²) in [4.78, 5) is 25.7. The lowest BCUT2D eigenvalue weighted by atomic mass is 10.1. The van der Waals surface area contributed by atoms with Crippen LogP contribution in [0.3, 0.4) is 0 Å². The fourth-order valence-corrected chi connectivity index (χ4v) is 3.03. The Kier molecular flexibility index (Phi) is 7.17. The molecule has 31 heavy (non-hydrogen) atoms. The van der Waals surface area contributed by atoms with E-state index >= 15 is 0 Å². The molecule has 0 atom stereocenters. The van der Waals surface area contributed by atoms with E-state index in [0.29, 0.717) is 18.8 Å². The fraction of sp³-hybridized carbons (Fsp3) is 0.0800. The minimum absolute atomic E-state index is 0.0510. The Morgan fingerprint density at radius 3 is 2.00 bits per heavy atom. The van der Waals surface area contributed by atoms with Gasteiger partial charge in [0.05, 0.1) is 5.56 Å². The first-order valence-electron chi connectivity index (χ1n) is 9.63. The van der Waals surface area contributed by atoms with Crippen LogP contribution < -0.4 is 5.32 Å². The van der Waals surface area contributed by atoms with Gasteiger partial charge in [0.2, 0.25) is 0 Å². The van der Waals surface area contributed by atoms with Crippen LogP contribution in [0.15, 0.2) is 96.7 Å². The Bertz CT molecular complexity index is 1080. The highest BCUT2D eigenvalue weighted by Crippen LogP contribution is 2.15. The summed E-state index contributed by atoms with van der Waals surface area (Å²) < 4.78 is 0. The van der Waals surface area contributed by atoms with Crippen LogP contribution in [0.1, 0.15) is 21.5 Å². The number of carboxylic acid groups (broad SMARTS) is 1. The largest absolute Gasteiger partial charge is 0.478 e. The molecule has 0 spiro atoms. The normalized spacial score (nSPS) is 10.7. The standard InChI is InChI=1S/C25H21N3O3/c26-15-22(24(29)27-23-13-7-12-21(14-23)25(30)31)18-28(16-19-8-3-1-4-9-19)17-20-10-5-2-6-11-20/h1-14,18H,16-17H2,(H,27,29)(H,30,31)/b22-18-. The lowest BCUT2D eigenvalue weighted by molar-refractivity contribution is -0.112. The number of hydrogen-bond acceptors (Lipinski definition) is 4. The number of rotatable bonds is 8. The Morgan fingerprint density at radius 1 is 0.903 bits per heavy atom. The third-order valence-electron chi connectivity index (χ3n) is 4.50. The number of amides is 1. The van der Waals surface area contributed by atoms with Crippen molar-refractivity contribution in [3.63, 3.8) is 0 Å². The van der Waals surface area contributed by atoms with Gasteiger partial charge in [-0.15, -0.1) is 0 Å². The van der Waals surface area contributed by atoms with Gasteiger partial charge >= 0.3 is 5.97 Å². The summed E-state index contributed by atoms with van der Waals surface area (Å²) in [6, 6.07) is 27.4. The molecule has 3 aromatic rings. The van der Waals surface area contributed by atoms with Crippen molar-refractivity contribution >= 4 is 17.6 Å². The number of nitrogens with one attached hydrogen (secondary N) is 1. The highest BCUT2D eigenvalue weighted by atomic mass is 16.4. The van der Waals surface area contributed by atoms with E-state index in [4.69, 9.17) is 5.11 Å². The van der Waals surface area contributed by atoms with Gasteiger partial charge in [-0.25, -0.2) is 4.79 Å². The molecule has 3 rings (SSSR count). The number of carbonyl (C=O) groups is 2. The molecule has 0 aliphatic carbocycles. The Hall–Kier alpha value is -4.37. The molecule has 0 aromatic heterocycles. The van der Waals surface area contributed by atoms with E-state index in [1.807, 2.05) is 71.6 Å². The molecule has 2 N–H and O–H groups in total. The zero-order valence-corrected chi connectivity index (χ0v) is 16.7. The molecular formula is C25H21N3O3. The second kappa shape index (κ2) is 10.4. The van der Waals surface area contributed by atoms with Crippen LogP contribution in [-0.2, 0) is 17.9 Å². The first-order valence-corrected chi connectivity index (χ1v) is 9.63. The van der Waals surface area contributed by atoms with Gasteiger partial charge in [-0.1, -0.05) is 66.7 Å². The average molecular weight is 411 g/mol. The molecule has 6 heteroatoms. The monoisotopic (exact) mass is 411 g/mol. The Balaban J connectivity index is 1.83. The van der Waals surface area contributed by atoms with Crippen molar-refractivity contribution in [2.45, 2.75) is 13.1 Å². The first kappa shape index (κ1) is 21.3. The third kappa shape index (κ3) is 6.31. The predicted molar refractivity (Wildman–Crippen MR) is 118 cm³/mol. The molecule has 1 amide bonds. The summed E-state index contributed by atoms with van der Waals surface area (Å²) in [6.45, 7) is 1.03. The van der Waals surface area contributed by atoms with Crippen LogP contribution in [-0.4, -0.2) is 21.9 Å². The van der Waals surface area contributed by atoms with Crippen molar-refractivity contribution in [2.24, 2.45) is 0 Å². The minimum atomic E-state index is -1.09. The van der Waals surface area contributed by atoms with Gasteiger partial charge in [0.25, 0.3) is 5.91 Å². The maximum atomic E-state index is 12.7. The molecule has 0 radical (unpaired) electrons. The van der Waals surface area contributed by atoms with Crippen molar-refractivity contribution in [1.82, 2.24) is 4.90 Å². The predicted octanol–water partition coefficient (Wildman–Crippen LogP) is 4.43. The van der Waals surface area contributed by atoms with Gasteiger partial charge in [-0.05, 0) is 29.3 Å². The summed E-state index contributed by atoms with van der Waals surface area (Å²) in [5, 5.41) is 21.3. The molecule has 154 valence electrons. The molecule has 0 bridgehead atoms. The van der Waals surface area contributed by atoms with E-state index in [0.717, 1.165) is 11.1 Å². The molecule has 6 nitrogen and oxygen atoms in total. The molecule has 0 aliphatic heterocycles. The van der Waals surface area contributed by atoms with Crippen LogP contribution >= 0.6 is 0 Å². The third-order valence-corrected chi connectivity index (χ3v) is 4.50. The maximum absolute atomic E-state index is 12.7. The molecule has 0 unspecified atom stereocenters. The number of carbonyl (C=O) groups excluding carboxylic acids is 1. The van der Waals surface area contributed by atoms with Crippen LogP contribution in [0.25, 0.3) is 0 Å². The molecule has 0 saturated heterocycles.